The van der Waals surface area contributed by atoms with Crippen LogP contribution in [0.3, 0.4) is 0 Å². The summed E-state index contributed by atoms with van der Waals surface area (Å²) < 4.78 is 0. The monoisotopic (exact) mass is 201 g/mol. The number of thiol groups is 1. The van der Waals surface area contributed by atoms with Gasteiger partial charge in [-0.05, 0) is 24.6 Å². The Bertz CT molecular complexity index is 418. The maximum absolute atomic E-state index is 8.80. The van der Waals surface area contributed by atoms with E-state index >= 15 is 0 Å². The van der Waals surface area contributed by atoms with Gasteiger partial charge in [-0.25, -0.2) is 0 Å². The molecular weight excluding hydrogens is 190 g/mol. The Kier molecular flexibility index (Phi) is 4.11. The van der Waals surface area contributed by atoms with Gasteiger partial charge in [-0.3, -0.25) is 0 Å². The van der Waals surface area contributed by atoms with Gasteiger partial charge in [0.1, 0.15) is 0 Å². The molecule has 0 heterocycles. The summed E-state index contributed by atoms with van der Waals surface area (Å²) in [5.41, 5.74) is 2.59. The molecule has 0 aliphatic carbocycles. The topological polar surface area (TPSA) is 23.8 Å². The van der Waals surface area contributed by atoms with Crippen molar-refractivity contribution >= 4 is 12.6 Å². The SMILES string of the molecule is Cc1c(C#N)cccc1C#CCCS. The summed E-state index contributed by atoms with van der Waals surface area (Å²) in [5.74, 6) is 6.81. The standard InChI is InChI=1S/C12H11NS/c1-10-11(5-2-3-8-14)6-4-7-12(10)9-13/h4,6-7,14H,3,8H2,1H3. The van der Waals surface area contributed by atoms with Crippen LogP contribution >= 0.6 is 12.6 Å². The number of nitrogens with zero attached hydrogens (tertiary/aromatic N) is 1. The molecule has 1 aromatic carbocycles. The van der Waals surface area contributed by atoms with Gasteiger partial charge in [0.05, 0.1) is 11.6 Å². The molecule has 70 valence electrons. The van der Waals surface area contributed by atoms with E-state index in [4.69, 9.17) is 5.26 Å². The Morgan fingerprint density at radius 2 is 2.07 bits per heavy atom. The molecule has 0 fully saturated rings. The summed E-state index contributed by atoms with van der Waals surface area (Å²) in [6, 6.07) is 7.74. The second kappa shape index (κ2) is 5.37. The first kappa shape index (κ1) is 10.7. The fourth-order valence-electron chi connectivity index (χ4n) is 1.11. The average molecular weight is 201 g/mol. The molecule has 0 saturated heterocycles. The summed E-state index contributed by atoms with van der Waals surface area (Å²) >= 11 is 4.08. The molecule has 2 heteroatoms. The van der Waals surface area contributed by atoms with Crippen LogP contribution in [0.5, 0.6) is 0 Å². The molecule has 14 heavy (non-hydrogen) atoms. The number of rotatable bonds is 1. The molecule has 1 rings (SSSR count). The highest BCUT2D eigenvalue weighted by molar-refractivity contribution is 7.80. The van der Waals surface area contributed by atoms with Crippen LogP contribution in [0.15, 0.2) is 18.2 Å². The molecule has 0 amide bonds. The lowest BCUT2D eigenvalue weighted by Gasteiger charge is -1.98. The van der Waals surface area contributed by atoms with Crippen molar-refractivity contribution in [3.8, 4) is 17.9 Å². The van der Waals surface area contributed by atoms with Crippen LogP contribution in [-0.2, 0) is 0 Å². The normalized spacial score (nSPS) is 8.64. The van der Waals surface area contributed by atoms with Crippen LogP contribution in [0.4, 0.5) is 0 Å². The van der Waals surface area contributed by atoms with E-state index in [2.05, 4.69) is 30.5 Å². The van der Waals surface area contributed by atoms with Crippen molar-refractivity contribution in [1.29, 1.82) is 5.26 Å². The molecule has 0 atom stereocenters. The fraction of sp³-hybridized carbons (Fsp3) is 0.250. The van der Waals surface area contributed by atoms with Gasteiger partial charge >= 0.3 is 0 Å². The van der Waals surface area contributed by atoms with Gasteiger partial charge in [0.25, 0.3) is 0 Å². The average Bonchev–Trinajstić information content (AvgIpc) is 2.21. The van der Waals surface area contributed by atoms with Crippen LogP contribution in [-0.4, -0.2) is 5.75 Å². The van der Waals surface area contributed by atoms with Crippen molar-refractivity contribution in [3.05, 3.63) is 34.9 Å². The maximum Gasteiger partial charge on any atom is 0.0994 e. The van der Waals surface area contributed by atoms with Crippen LogP contribution in [0.1, 0.15) is 23.1 Å². The molecule has 0 saturated carbocycles. The van der Waals surface area contributed by atoms with Gasteiger partial charge in [-0.2, -0.15) is 17.9 Å². The number of nitriles is 1. The van der Waals surface area contributed by atoms with Crippen LogP contribution in [0, 0.1) is 30.1 Å². The van der Waals surface area contributed by atoms with Crippen molar-refractivity contribution in [3.63, 3.8) is 0 Å². The molecule has 0 aliphatic heterocycles. The first-order valence-electron chi connectivity index (χ1n) is 4.39. The Balaban J connectivity index is 3.01. The number of benzene rings is 1. The maximum atomic E-state index is 8.80. The van der Waals surface area contributed by atoms with Crippen molar-refractivity contribution in [2.45, 2.75) is 13.3 Å². The quantitative estimate of drug-likeness (QED) is 0.548. The summed E-state index contributed by atoms with van der Waals surface area (Å²) in [7, 11) is 0. The minimum absolute atomic E-state index is 0.697. The molecule has 1 nitrogen and oxygen atoms in total. The van der Waals surface area contributed by atoms with E-state index in [0.29, 0.717) is 5.56 Å². The fourth-order valence-corrected chi connectivity index (χ4v) is 1.22. The molecule has 0 N–H and O–H groups in total. The predicted molar refractivity (Wildman–Crippen MR) is 61.2 cm³/mol. The molecular formula is C12H11NS. The van der Waals surface area contributed by atoms with Crippen molar-refractivity contribution in [1.82, 2.24) is 0 Å². The minimum atomic E-state index is 0.697. The highest BCUT2D eigenvalue weighted by Crippen LogP contribution is 2.11. The largest absolute Gasteiger partial charge is 0.192 e. The van der Waals surface area contributed by atoms with E-state index in [0.717, 1.165) is 23.3 Å². The van der Waals surface area contributed by atoms with Crippen molar-refractivity contribution < 1.29 is 0 Å². The first-order chi connectivity index (χ1) is 6.79. The zero-order chi connectivity index (χ0) is 10.4. The van der Waals surface area contributed by atoms with Gasteiger partial charge < -0.3 is 0 Å². The summed E-state index contributed by atoms with van der Waals surface area (Å²) in [5, 5.41) is 8.80. The summed E-state index contributed by atoms with van der Waals surface area (Å²) in [6.45, 7) is 1.92. The smallest absolute Gasteiger partial charge is 0.0994 e. The van der Waals surface area contributed by atoms with Crippen molar-refractivity contribution in [2.75, 3.05) is 5.75 Å². The number of hydrogen-bond acceptors (Lipinski definition) is 2. The molecule has 0 spiro atoms. The van der Waals surface area contributed by atoms with Gasteiger partial charge in [-0.1, -0.05) is 17.9 Å². The Hall–Kier alpha value is -1.38. The highest BCUT2D eigenvalue weighted by atomic mass is 32.1. The van der Waals surface area contributed by atoms with Crippen LogP contribution < -0.4 is 0 Å². The van der Waals surface area contributed by atoms with Gasteiger partial charge in [0, 0.05) is 17.7 Å². The van der Waals surface area contributed by atoms with Gasteiger partial charge in [0.2, 0.25) is 0 Å². The zero-order valence-electron chi connectivity index (χ0n) is 8.04. The predicted octanol–water partition coefficient (Wildman–Crippen LogP) is 2.54. The van der Waals surface area contributed by atoms with E-state index in [1.807, 2.05) is 19.1 Å². The first-order valence-corrected chi connectivity index (χ1v) is 5.02. The van der Waals surface area contributed by atoms with Gasteiger partial charge in [0.15, 0.2) is 0 Å². The zero-order valence-corrected chi connectivity index (χ0v) is 8.94. The molecule has 0 unspecified atom stereocenters. The van der Waals surface area contributed by atoms with Crippen LogP contribution in [0.2, 0.25) is 0 Å². The minimum Gasteiger partial charge on any atom is -0.192 e. The number of hydrogen-bond donors (Lipinski definition) is 1. The second-order valence-corrected chi connectivity index (χ2v) is 3.31. The highest BCUT2D eigenvalue weighted by Gasteiger charge is 1.99. The molecule has 0 bridgehead atoms. The lowest BCUT2D eigenvalue weighted by Crippen LogP contribution is -1.86. The Morgan fingerprint density at radius 1 is 1.36 bits per heavy atom. The molecule has 0 aliphatic rings. The summed E-state index contributed by atoms with van der Waals surface area (Å²) in [6.07, 6.45) is 0.777. The van der Waals surface area contributed by atoms with E-state index in [1.165, 1.54) is 0 Å². The van der Waals surface area contributed by atoms with E-state index in [1.54, 1.807) is 6.07 Å². The van der Waals surface area contributed by atoms with Crippen LogP contribution in [0.25, 0.3) is 0 Å². The lowest BCUT2D eigenvalue weighted by atomic mass is 10.0. The Morgan fingerprint density at radius 3 is 2.71 bits per heavy atom. The van der Waals surface area contributed by atoms with Gasteiger partial charge in [-0.15, -0.1) is 0 Å². The third kappa shape index (κ3) is 2.55. The second-order valence-electron chi connectivity index (χ2n) is 2.87. The Labute approximate surface area is 90.2 Å². The van der Waals surface area contributed by atoms with E-state index < -0.39 is 0 Å². The third-order valence-electron chi connectivity index (χ3n) is 1.91. The van der Waals surface area contributed by atoms with E-state index in [-0.39, 0.29) is 0 Å². The third-order valence-corrected chi connectivity index (χ3v) is 2.14. The molecule has 1 aromatic rings. The molecule has 0 radical (unpaired) electrons. The lowest BCUT2D eigenvalue weighted by molar-refractivity contribution is 1.30. The molecule has 0 aromatic heterocycles. The van der Waals surface area contributed by atoms with E-state index in [9.17, 15) is 0 Å². The summed E-state index contributed by atoms with van der Waals surface area (Å²) in [4.78, 5) is 0. The van der Waals surface area contributed by atoms with Crippen molar-refractivity contribution in [2.24, 2.45) is 0 Å².